The highest BCUT2D eigenvalue weighted by Crippen LogP contribution is 2.34. The monoisotopic (exact) mass is 311 g/mol. The summed E-state index contributed by atoms with van der Waals surface area (Å²) < 4.78 is 8.00. The van der Waals surface area contributed by atoms with Gasteiger partial charge in [-0.15, -0.1) is 0 Å². The lowest BCUT2D eigenvalue weighted by Crippen LogP contribution is -2.04. The van der Waals surface area contributed by atoms with Crippen LogP contribution in [0.15, 0.2) is 24.3 Å². The van der Waals surface area contributed by atoms with Gasteiger partial charge < -0.3 is 15.0 Å². The minimum absolute atomic E-state index is 0.428. The third-order valence-corrected chi connectivity index (χ3v) is 4.01. The highest BCUT2D eigenvalue weighted by Gasteiger charge is 2.16. The quantitative estimate of drug-likeness (QED) is 0.819. The van der Waals surface area contributed by atoms with Crippen LogP contribution in [-0.2, 0) is 6.54 Å². The summed E-state index contributed by atoms with van der Waals surface area (Å²) in [5.41, 5.74) is 9.41. The number of hydrogen-bond acceptors (Lipinski definition) is 3. The number of ether oxygens (including phenoxy) is 1. The van der Waals surface area contributed by atoms with Crippen molar-refractivity contribution in [2.24, 2.45) is 0 Å². The Bertz CT molecular complexity index is 723. The molecule has 1 aromatic carbocycles. The standard InChI is InChI=1S/C19H25N3O/c1-5-6-9-22-16(12-20)11-17(21)19(22)23-18-10-15(13(2)3)8-7-14(18)4/h7-8,10-11,13H,5-6,9,21H2,1-4H3. The van der Waals surface area contributed by atoms with Crippen molar-refractivity contribution in [1.29, 1.82) is 5.26 Å². The largest absolute Gasteiger partial charge is 0.438 e. The molecule has 0 saturated carbocycles. The summed E-state index contributed by atoms with van der Waals surface area (Å²) in [6, 6.07) is 10.1. The zero-order valence-electron chi connectivity index (χ0n) is 14.4. The number of unbranched alkanes of at least 4 members (excludes halogenated alkanes) is 1. The number of anilines is 1. The van der Waals surface area contributed by atoms with Gasteiger partial charge in [0, 0.05) is 12.6 Å². The van der Waals surface area contributed by atoms with Crippen molar-refractivity contribution >= 4 is 5.69 Å². The van der Waals surface area contributed by atoms with E-state index in [4.69, 9.17) is 10.5 Å². The van der Waals surface area contributed by atoms with Crippen LogP contribution in [0.3, 0.4) is 0 Å². The van der Waals surface area contributed by atoms with E-state index in [-0.39, 0.29) is 0 Å². The summed E-state index contributed by atoms with van der Waals surface area (Å²) in [7, 11) is 0. The maximum absolute atomic E-state index is 9.31. The molecule has 0 amide bonds. The molecule has 0 aliphatic heterocycles. The summed E-state index contributed by atoms with van der Waals surface area (Å²) in [4.78, 5) is 0. The molecule has 0 saturated heterocycles. The molecule has 0 aliphatic rings. The number of benzene rings is 1. The Morgan fingerprint density at radius 2 is 2.04 bits per heavy atom. The molecule has 4 heteroatoms. The first-order chi connectivity index (χ1) is 11.0. The molecule has 23 heavy (non-hydrogen) atoms. The van der Waals surface area contributed by atoms with Crippen LogP contribution in [-0.4, -0.2) is 4.57 Å². The lowest BCUT2D eigenvalue weighted by atomic mass is 10.0. The molecule has 0 bridgehead atoms. The molecule has 0 unspecified atom stereocenters. The van der Waals surface area contributed by atoms with E-state index in [1.165, 1.54) is 5.56 Å². The van der Waals surface area contributed by atoms with Crippen LogP contribution in [0.4, 0.5) is 5.69 Å². The van der Waals surface area contributed by atoms with Crippen molar-refractivity contribution in [3.8, 4) is 17.7 Å². The molecule has 0 spiro atoms. The molecule has 2 N–H and O–H groups in total. The van der Waals surface area contributed by atoms with Gasteiger partial charge >= 0.3 is 0 Å². The van der Waals surface area contributed by atoms with Crippen LogP contribution in [0.5, 0.6) is 11.6 Å². The second-order valence-corrected chi connectivity index (χ2v) is 6.19. The van der Waals surface area contributed by atoms with Crippen molar-refractivity contribution in [3.63, 3.8) is 0 Å². The Labute approximate surface area is 138 Å². The van der Waals surface area contributed by atoms with Gasteiger partial charge in [0.1, 0.15) is 17.5 Å². The fourth-order valence-electron chi connectivity index (χ4n) is 2.49. The lowest BCUT2D eigenvalue weighted by Gasteiger charge is -2.15. The van der Waals surface area contributed by atoms with Crippen molar-refractivity contribution in [2.45, 2.75) is 53.0 Å². The Hall–Kier alpha value is -2.41. The average Bonchev–Trinajstić information content (AvgIpc) is 2.82. The third kappa shape index (κ3) is 3.68. The number of nitrogens with two attached hydrogens (primary N) is 1. The first-order valence-electron chi connectivity index (χ1n) is 8.15. The van der Waals surface area contributed by atoms with Gasteiger partial charge in [0.15, 0.2) is 0 Å². The van der Waals surface area contributed by atoms with Crippen LogP contribution in [0.1, 0.15) is 56.4 Å². The second kappa shape index (κ2) is 7.23. The molecular formula is C19H25N3O. The highest BCUT2D eigenvalue weighted by molar-refractivity contribution is 5.57. The zero-order valence-corrected chi connectivity index (χ0v) is 14.4. The molecule has 0 radical (unpaired) electrons. The SMILES string of the molecule is CCCCn1c(C#N)cc(N)c1Oc1cc(C(C)C)ccc1C. The highest BCUT2D eigenvalue weighted by atomic mass is 16.5. The first-order valence-corrected chi connectivity index (χ1v) is 8.15. The number of nitrogens with zero attached hydrogens (tertiary/aromatic N) is 2. The smallest absolute Gasteiger partial charge is 0.224 e. The van der Waals surface area contributed by atoms with E-state index >= 15 is 0 Å². The van der Waals surface area contributed by atoms with E-state index in [1.807, 2.05) is 11.5 Å². The normalized spacial score (nSPS) is 10.8. The molecule has 2 rings (SSSR count). The number of nitrogen functional groups attached to an aromatic ring is 1. The predicted molar refractivity (Wildman–Crippen MR) is 93.8 cm³/mol. The van der Waals surface area contributed by atoms with Crippen LogP contribution in [0.25, 0.3) is 0 Å². The molecule has 4 nitrogen and oxygen atoms in total. The number of hydrogen-bond donors (Lipinski definition) is 1. The minimum atomic E-state index is 0.428. The number of nitriles is 1. The van der Waals surface area contributed by atoms with Crippen molar-refractivity contribution in [2.75, 3.05) is 5.73 Å². The van der Waals surface area contributed by atoms with Crippen LogP contribution in [0, 0.1) is 18.3 Å². The van der Waals surface area contributed by atoms with Gasteiger partial charge in [0.25, 0.3) is 0 Å². The van der Waals surface area contributed by atoms with Gasteiger partial charge in [-0.2, -0.15) is 5.26 Å². The maximum atomic E-state index is 9.31. The van der Waals surface area contributed by atoms with E-state index in [9.17, 15) is 5.26 Å². The van der Waals surface area contributed by atoms with Gasteiger partial charge in [-0.1, -0.05) is 39.3 Å². The van der Waals surface area contributed by atoms with Crippen molar-refractivity contribution in [1.82, 2.24) is 4.57 Å². The number of aromatic nitrogens is 1. The Kier molecular flexibility index (Phi) is 5.33. The summed E-state index contributed by atoms with van der Waals surface area (Å²) in [5.74, 6) is 1.79. The molecule has 1 aromatic heterocycles. The molecule has 0 atom stereocenters. The third-order valence-electron chi connectivity index (χ3n) is 4.01. The van der Waals surface area contributed by atoms with Crippen LogP contribution < -0.4 is 10.5 Å². The number of rotatable bonds is 6. The minimum Gasteiger partial charge on any atom is -0.438 e. The molecule has 0 aliphatic carbocycles. The Morgan fingerprint density at radius 3 is 2.65 bits per heavy atom. The van der Waals surface area contributed by atoms with Gasteiger partial charge in [-0.05, 0) is 36.5 Å². The summed E-state index contributed by atoms with van der Waals surface area (Å²) in [5, 5.41) is 9.31. The predicted octanol–water partition coefficient (Wildman–Crippen LogP) is 4.97. The lowest BCUT2D eigenvalue weighted by molar-refractivity contribution is 0.421. The van der Waals surface area contributed by atoms with Crippen LogP contribution >= 0.6 is 0 Å². The van der Waals surface area contributed by atoms with E-state index in [0.717, 1.165) is 30.7 Å². The van der Waals surface area contributed by atoms with Crippen LogP contribution in [0.2, 0.25) is 0 Å². The van der Waals surface area contributed by atoms with E-state index in [2.05, 4.69) is 45.0 Å². The van der Waals surface area contributed by atoms with Crippen molar-refractivity contribution in [3.05, 3.63) is 41.1 Å². The molecule has 122 valence electrons. The Morgan fingerprint density at radius 1 is 1.30 bits per heavy atom. The number of aryl methyl sites for hydroxylation is 1. The summed E-state index contributed by atoms with van der Waals surface area (Å²) in [6.07, 6.45) is 2.02. The zero-order chi connectivity index (χ0) is 17.0. The summed E-state index contributed by atoms with van der Waals surface area (Å²) in [6.45, 7) is 9.17. The van der Waals surface area contributed by atoms with Gasteiger partial charge in [0.2, 0.25) is 5.88 Å². The molecule has 0 fully saturated rings. The Balaban J connectivity index is 2.42. The van der Waals surface area contributed by atoms with E-state index in [0.29, 0.717) is 23.2 Å². The second-order valence-electron chi connectivity index (χ2n) is 6.19. The van der Waals surface area contributed by atoms with Crippen molar-refractivity contribution < 1.29 is 4.74 Å². The van der Waals surface area contributed by atoms with Gasteiger partial charge in [0.05, 0.1) is 5.69 Å². The van der Waals surface area contributed by atoms with E-state index in [1.54, 1.807) is 6.07 Å². The maximum Gasteiger partial charge on any atom is 0.224 e. The topological polar surface area (TPSA) is 64.0 Å². The molecule has 1 heterocycles. The summed E-state index contributed by atoms with van der Waals surface area (Å²) >= 11 is 0. The van der Waals surface area contributed by atoms with Gasteiger partial charge in [-0.3, -0.25) is 0 Å². The van der Waals surface area contributed by atoms with E-state index < -0.39 is 0 Å². The molecular weight excluding hydrogens is 286 g/mol. The fraction of sp³-hybridized carbons (Fsp3) is 0.421. The first kappa shape index (κ1) is 17.0. The average molecular weight is 311 g/mol. The molecule has 2 aromatic rings. The van der Waals surface area contributed by atoms with Gasteiger partial charge in [-0.25, -0.2) is 0 Å². The fourth-order valence-corrected chi connectivity index (χ4v) is 2.49.